The maximum atomic E-state index is 13.3. The quantitative estimate of drug-likeness (QED) is 0.619. The zero-order valence-electron chi connectivity index (χ0n) is 19.2. The first kappa shape index (κ1) is 23.6. The molecule has 2 N–H and O–H groups in total. The Morgan fingerprint density at radius 3 is 2.45 bits per heavy atom. The summed E-state index contributed by atoms with van der Waals surface area (Å²) < 4.78 is 13.2. The molecule has 176 valence electrons. The Morgan fingerprint density at radius 2 is 1.79 bits per heavy atom. The van der Waals surface area contributed by atoms with Gasteiger partial charge in [0, 0.05) is 38.4 Å². The normalized spacial score (nSPS) is 18.2. The summed E-state index contributed by atoms with van der Waals surface area (Å²) in [5.41, 5.74) is 3.12. The maximum absolute atomic E-state index is 13.3. The number of nitrogens with zero attached hydrogens (tertiary/aromatic N) is 2. The first-order valence-electron chi connectivity index (χ1n) is 11.9. The minimum atomic E-state index is -0.265. The summed E-state index contributed by atoms with van der Waals surface area (Å²) in [6.07, 6.45) is 4.65. The summed E-state index contributed by atoms with van der Waals surface area (Å²) in [6.45, 7) is 5.76. The number of carbonyl (C=O) groups is 1. The van der Waals surface area contributed by atoms with Gasteiger partial charge in [0.05, 0.1) is 6.04 Å². The van der Waals surface area contributed by atoms with Crippen LogP contribution in [0.2, 0.25) is 0 Å². The van der Waals surface area contributed by atoms with Crippen molar-refractivity contribution in [1.82, 2.24) is 15.1 Å². The van der Waals surface area contributed by atoms with Crippen LogP contribution in [0, 0.1) is 18.7 Å². The van der Waals surface area contributed by atoms with Crippen molar-refractivity contribution in [1.29, 1.82) is 0 Å². The minimum absolute atomic E-state index is 0.0851. The van der Waals surface area contributed by atoms with E-state index in [2.05, 4.69) is 45.6 Å². The lowest BCUT2D eigenvalue weighted by molar-refractivity contribution is -0.129. The highest BCUT2D eigenvalue weighted by molar-refractivity contribution is 7.80. The lowest BCUT2D eigenvalue weighted by Gasteiger charge is -2.41. The molecular formula is C26H33FN4OS. The molecule has 33 heavy (non-hydrogen) atoms. The number of aryl methyl sites for hydroxylation is 1. The Balaban J connectivity index is 1.34. The van der Waals surface area contributed by atoms with Gasteiger partial charge in [-0.3, -0.25) is 9.69 Å². The monoisotopic (exact) mass is 468 g/mol. The molecule has 1 saturated heterocycles. The lowest BCUT2D eigenvalue weighted by Crippen LogP contribution is -2.58. The van der Waals surface area contributed by atoms with Crippen molar-refractivity contribution in [2.24, 2.45) is 5.92 Å². The van der Waals surface area contributed by atoms with Gasteiger partial charge in [-0.25, -0.2) is 4.39 Å². The van der Waals surface area contributed by atoms with Crippen molar-refractivity contribution in [3.05, 3.63) is 65.5 Å². The summed E-state index contributed by atoms with van der Waals surface area (Å²) in [6, 6.07) is 14.4. The molecule has 5 nitrogen and oxygen atoms in total. The standard InChI is InChI=1S/C26H33FN4OS/c1-19-5-4-6-20(17-19)18-28-25(32)24(21-7-2-3-8-21)30-13-15-31(16-14-30)26(33)29-23-11-9-22(27)10-12-23/h4-6,9-12,17,21,24H,2-3,7-8,13-16,18H2,1H3,(H,28,32)(H,29,33). The molecule has 0 bridgehead atoms. The Morgan fingerprint density at radius 1 is 1.09 bits per heavy atom. The van der Waals surface area contributed by atoms with Crippen LogP contribution in [-0.2, 0) is 11.3 Å². The number of carbonyl (C=O) groups excluding carboxylic acids is 1. The summed E-state index contributed by atoms with van der Waals surface area (Å²) in [5.74, 6) is 0.293. The van der Waals surface area contributed by atoms with Gasteiger partial charge in [0.25, 0.3) is 0 Å². The summed E-state index contributed by atoms with van der Waals surface area (Å²) in [7, 11) is 0. The third-order valence-electron chi connectivity index (χ3n) is 6.75. The maximum Gasteiger partial charge on any atom is 0.237 e. The molecular weight excluding hydrogens is 435 g/mol. The van der Waals surface area contributed by atoms with Crippen LogP contribution in [0.25, 0.3) is 0 Å². The van der Waals surface area contributed by atoms with Crippen molar-refractivity contribution in [3.63, 3.8) is 0 Å². The number of piperazine rings is 1. The number of nitrogens with one attached hydrogen (secondary N) is 2. The van der Waals surface area contributed by atoms with Gasteiger partial charge >= 0.3 is 0 Å². The molecule has 1 atom stereocenters. The van der Waals surface area contributed by atoms with E-state index in [1.54, 1.807) is 12.1 Å². The average molecular weight is 469 g/mol. The van der Waals surface area contributed by atoms with Crippen LogP contribution in [-0.4, -0.2) is 53.0 Å². The number of hydrogen-bond acceptors (Lipinski definition) is 3. The molecule has 0 aromatic heterocycles. The first-order valence-corrected chi connectivity index (χ1v) is 12.3. The van der Waals surface area contributed by atoms with Gasteiger partial charge in [-0.2, -0.15) is 0 Å². The molecule has 2 aliphatic rings. The van der Waals surface area contributed by atoms with Crippen molar-refractivity contribution in [3.8, 4) is 0 Å². The smallest absolute Gasteiger partial charge is 0.237 e. The van der Waals surface area contributed by atoms with E-state index >= 15 is 0 Å². The van der Waals surface area contributed by atoms with E-state index in [0.717, 1.165) is 50.3 Å². The molecule has 2 aromatic rings. The Labute approximate surface area is 201 Å². The summed E-state index contributed by atoms with van der Waals surface area (Å²) in [4.78, 5) is 17.8. The number of halogens is 1. The molecule has 7 heteroatoms. The fourth-order valence-corrected chi connectivity index (χ4v) is 5.31. The van der Waals surface area contributed by atoms with E-state index in [1.165, 1.54) is 30.5 Å². The Bertz CT molecular complexity index is 953. The zero-order chi connectivity index (χ0) is 23.2. The highest BCUT2D eigenvalue weighted by Gasteiger charge is 2.36. The molecule has 4 rings (SSSR count). The molecule has 1 aliphatic carbocycles. The summed E-state index contributed by atoms with van der Waals surface area (Å²) in [5, 5.41) is 7.05. The number of benzene rings is 2. The van der Waals surface area contributed by atoms with Crippen LogP contribution in [0.5, 0.6) is 0 Å². The SMILES string of the molecule is Cc1cccc(CNC(=O)C(C2CCCC2)N2CCN(C(=S)Nc3ccc(F)cc3)CC2)c1. The van der Waals surface area contributed by atoms with Crippen LogP contribution < -0.4 is 10.6 Å². The molecule has 0 spiro atoms. The average Bonchev–Trinajstić information content (AvgIpc) is 3.34. The third-order valence-corrected chi connectivity index (χ3v) is 7.11. The molecule has 1 unspecified atom stereocenters. The predicted octanol–water partition coefficient (Wildman–Crippen LogP) is 4.32. The van der Waals surface area contributed by atoms with Gasteiger partial charge in [0.2, 0.25) is 5.91 Å². The Hall–Kier alpha value is -2.51. The number of rotatable bonds is 6. The molecule has 0 radical (unpaired) electrons. The topological polar surface area (TPSA) is 47.6 Å². The van der Waals surface area contributed by atoms with Crippen LogP contribution in [0.15, 0.2) is 48.5 Å². The van der Waals surface area contributed by atoms with E-state index in [9.17, 15) is 9.18 Å². The number of hydrogen-bond donors (Lipinski definition) is 2. The highest BCUT2D eigenvalue weighted by Crippen LogP contribution is 2.31. The van der Waals surface area contributed by atoms with Gasteiger partial charge in [-0.05, 0) is 67.7 Å². The van der Waals surface area contributed by atoms with Gasteiger partial charge in [0.15, 0.2) is 5.11 Å². The predicted molar refractivity (Wildman–Crippen MR) is 135 cm³/mol. The van der Waals surface area contributed by atoms with Gasteiger partial charge in [-0.1, -0.05) is 42.7 Å². The van der Waals surface area contributed by atoms with Crippen molar-refractivity contribution in [2.45, 2.75) is 45.2 Å². The minimum Gasteiger partial charge on any atom is -0.351 e. The fourth-order valence-electron chi connectivity index (χ4n) is 5.01. The molecule has 1 heterocycles. The van der Waals surface area contributed by atoms with E-state index in [1.807, 2.05) is 6.07 Å². The van der Waals surface area contributed by atoms with Crippen LogP contribution in [0.3, 0.4) is 0 Å². The number of amides is 1. The van der Waals surface area contributed by atoms with Crippen LogP contribution in [0.4, 0.5) is 10.1 Å². The van der Waals surface area contributed by atoms with Gasteiger partial charge < -0.3 is 15.5 Å². The van der Waals surface area contributed by atoms with Crippen molar-refractivity contribution in [2.75, 3.05) is 31.5 Å². The largest absolute Gasteiger partial charge is 0.351 e. The molecule has 1 aliphatic heterocycles. The number of anilines is 1. The van der Waals surface area contributed by atoms with Crippen molar-refractivity contribution < 1.29 is 9.18 Å². The van der Waals surface area contributed by atoms with E-state index < -0.39 is 0 Å². The van der Waals surface area contributed by atoms with Crippen molar-refractivity contribution >= 4 is 28.9 Å². The first-order chi connectivity index (χ1) is 16.0. The second-order valence-electron chi connectivity index (χ2n) is 9.16. The van der Waals surface area contributed by atoms with E-state index in [0.29, 0.717) is 17.6 Å². The van der Waals surface area contributed by atoms with Gasteiger partial charge in [-0.15, -0.1) is 0 Å². The second-order valence-corrected chi connectivity index (χ2v) is 9.54. The number of thiocarbonyl (C=S) groups is 1. The second kappa shape index (κ2) is 11.1. The lowest BCUT2D eigenvalue weighted by atomic mass is 9.95. The fraction of sp³-hybridized carbons (Fsp3) is 0.462. The summed E-state index contributed by atoms with van der Waals surface area (Å²) >= 11 is 5.58. The highest BCUT2D eigenvalue weighted by atomic mass is 32.1. The zero-order valence-corrected chi connectivity index (χ0v) is 20.0. The van der Waals surface area contributed by atoms with Crippen LogP contribution >= 0.6 is 12.2 Å². The Kier molecular flexibility index (Phi) is 7.93. The van der Waals surface area contributed by atoms with E-state index in [4.69, 9.17) is 12.2 Å². The molecule has 1 amide bonds. The van der Waals surface area contributed by atoms with E-state index in [-0.39, 0.29) is 17.8 Å². The molecule has 1 saturated carbocycles. The van der Waals surface area contributed by atoms with Crippen LogP contribution in [0.1, 0.15) is 36.8 Å². The third kappa shape index (κ3) is 6.30. The van der Waals surface area contributed by atoms with Gasteiger partial charge in [0.1, 0.15) is 5.82 Å². The molecule has 2 aromatic carbocycles. The molecule has 2 fully saturated rings.